The van der Waals surface area contributed by atoms with Gasteiger partial charge in [0.2, 0.25) is 25.4 Å². The summed E-state index contributed by atoms with van der Waals surface area (Å²) in [6.07, 6.45) is 0. The lowest BCUT2D eigenvalue weighted by Gasteiger charge is -2.39. The maximum Gasteiger partial charge on any atom is 0.274 e. The van der Waals surface area contributed by atoms with Crippen molar-refractivity contribution in [3.63, 3.8) is 0 Å². The summed E-state index contributed by atoms with van der Waals surface area (Å²) in [6.45, 7) is 1.65. The van der Waals surface area contributed by atoms with E-state index >= 15 is 14.4 Å². The Labute approximate surface area is 302 Å². The second-order valence-electron chi connectivity index (χ2n) is 13.8. The highest BCUT2D eigenvalue weighted by molar-refractivity contribution is 6.39. The van der Waals surface area contributed by atoms with E-state index in [0.717, 1.165) is 4.90 Å². The summed E-state index contributed by atoms with van der Waals surface area (Å²) in [5.74, 6) is -1.94. The van der Waals surface area contributed by atoms with Crippen LogP contribution in [0.25, 0.3) is 11.1 Å². The number of nitrogens with zero attached hydrogens (tertiary/aromatic N) is 2. The number of fused-ring (bicyclic) bond motifs is 7. The Hall–Kier alpha value is -6.75. The van der Waals surface area contributed by atoms with Crippen LogP contribution >= 0.6 is 0 Å². The Morgan fingerprint density at radius 2 is 1.09 bits per heavy atom. The van der Waals surface area contributed by atoms with Crippen LogP contribution in [-0.2, 0) is 25.2 Å². The van der Waals surface area contributed by atoms with Crippen molar-refractivity contribution < 1.29 is 38.3 Å². The van der Waals surface area contributed by atoms with Gasteiger partial charge in [-0.25, -0.2) is 4.90 Å². The van der Waals surface area contributed by atoms with E-state index in [-0.39, 0.29) is 30.7 Å². The molecule has 3 heterocycles. The first-order valence-corrected chi connectivity index (χ1v) is 17.1. The van der Waals surface area contributed by atoms with Gasteiger partial charge in [0.05, 0.1) is 33.3 Å². The molecule has 53 heavy (non-hydrogen) atoms. The zero-order valence-corrected chi connectivity index (χ0v) is 28.1. The van der Waals surface area contributed by atoms with Gasteiger partial charge in [-0.3, -0.25) is 24.5 Å². The highest BCUT2D eigenvalue weighted by Gasteiger charge is 2.83. The Balaban J connectivity index is 1.35. The van der Waals surface area contributed by atoms with E-state index in [2.05, 4.69) is 0 Å². The van der Waals surface area contributed by atoms with Crippen LogP contribution in [0.3, 0.4) is 0 Å². The quantitative estimate of drug-likeness (QED) is 0.110. The predicted molar refractivity (Wildman–Crippen MR) is 190 cm³/mol. The fraction of sp³-hybridized carbons (Fsp3) is 0.167. The number of ether oxygens (including phenoxy) is 4. The molecule has 10 rings (SSSR count). The number of allylic oxidation sites excluding steroid dienone is 2. The lowest BCUT2D eigenvalue weighted by molar-refractivity contribution is -0.385. The standard InChI is InChI=1S/C42H28N2O9/c1-23-12-15-28(20-29(23)44(48)49)43-38(45)36-37(39(43)46)42(27-10-6-3-7-11-27)35(25-14-17-31-33(19-25)53-22-51-31)34(24-13-16-30-32(18-24)52-21-50-30)41(36,40(42)47)26-8-4-2-5-9-26/h2-20,36-37H,21-22H2,1H3/t36-,37-,41+,42+/m1/s1. The summed E-state index contributed by atoms with van der Waals surface area (Å²) < 4.78 is 23.0. The molecule has 5 aromatic rings. The summed E-state index contributed by atoms with van der Waals surface area (Å²) in [5, 5.41) is 12.1. The summed E-state index contributed by atoms with van der Waals surface area (Å²) >= 11 is 0. The molecular formula is C42H28N2O9. The molecule has 0 N–H and O–H groups in total. The van der Waals surface area contributed by atoms with Crippen molar-refractivity contribution >= 4 is 40.1 Å². The molecule has 2 bridgehead atoms. The summed E-state index contributed by atoms with van der Waals surface area (Å²) in [4.78, 5) is 59.4. The van der Waals surface area contributed by atoms with Crippen LogP contribution in [0.15, 0.2) is 115 Å². The number of Topliss-reactive ketones (excluding diaryl/α,β-unsaturated/α-hetero) is 1. The number of hydrogen-bond acceptors (Lipinski definition) is 9. The molecular weight excluding hydrogens is 676 g/mol. The third-order valence-corrected chi connectivity index (χ3v) is 11.4. The van der Waals surface area contributed by atoms with Gasteiger partial charge in [-0.2, -0.15) is 0 Å². The SMILES string of the molecule is Cc1ccc(N2C(=O)[C@H]3[C@H](C2=O)[C@@]2(c4ccccc4)C(=O)[C@@]3(c3ccccc3)C(c3ccc4c(c3)OCO4)=C2c2ccc3c(c2)OCO3)cc1[N+](=O)[O-]. The average molecular weight is 705 g/mol. The smallest absolute Gasteiger partial charge is 0.274 e. The molecule has 1 saturated carbocycles. The highest BCUT2D eigenvalue weighted by Crippen LogP contribution is 2.74. The summed E-state index contributed by atoms with van der Waals surface area (Å²) in [6, 6.07) is 33.4. The molecule has 0 unspecified atom stereocenters. The maximum atomic E-state index is 16.2. The lowest BCUT2D eigenvalue weighted by atomic mass is 9.59. The van der Waals surface area contributed by atoms with E-state index in [9.17, 15) is 10.1 Å². The van der Waals surface area contributed by atoms with Crippen molar-refractivity contribution in [1.29, 1.82) is 0 Å². The Kier molecular flexibility index (Phi) is 6.37. The number of rotatable bonds is 6. The Bertz CT molecular complexity index is 2360. The monoisotopic (exact) mass is 704 g/mol. The van der Waals surface area contributed by atoms with E-state index in [4.69, 9.17) is 18.9 Å². The van der Waals surface area contributed by atoms with E-state index < -0.39 is 39.4 Å². The summed E-state index contributed by atoms with van der Waals surface area (Å²) in [7, 11) is 0. The summed E-state index contributed by atoms with van der Waals surface area (Å²) in [5.41, 5.74) is 0.236. The molecule has 0 radical (unpaired) electrons. The minimum absolute atomic E-state index is 0.0267. The number of hydrogen-bond donors (Lipinski definition) is 0. The van der Waals surface area contributed by atoms with Gasteiger partial charge in [0, 0.05) is 11.6 Å². The molecule has 3 aliphatic heterocycles. The van der Waals surface area contributed by atoms with Crippen LogP contribution in [0, 0.1) is 28.9 Å². The van der Waals surface area contributed by atoms with Crippen LogP contribution < -0.4 is 23.8 Å². The molecule has 0 spiro atoms. The second-order valence-corrected chi connectivity index (χ2v) is 13.8. The van der Waals surface area contributed by atoms with Gasteiger partial charge in [0.25, 0.3) is 5.69 Å². The van der Waals surface area contributed by atoms with Crippen LogP contribution in [0.2, 0.25) is 0 Å². The molecule has 2 aliphatic carbocycles. The zero-order valence-electron chi connectivity index (χ0n) is 28.1. The van der Waals surface area contributed by atoms with Crippen molar-refractivity contribution in [2.45, 2.75) is 17.8 Å². The topological polar surface area (TPSA) is 135 Å². The van der Waals surface area contributed by atoms with Gasteiger partial charge >= 0.3 is 0 Å². The molecule has 2 amide bonds. The van der Waals surface area contributed by atoms with Crippen molar-refractivity contribution in [1.82, 2.24) is 0 Å². The van der Waals surface area contributed by atoms with Crippen LogP contribution in [-0.4, -0.2) is 36.1 Å². The predicted octanol–water partition coefficient (Wildman–Crippen LogP) is 6.55. The van der Waals surface area contributed by atoms with E-state index in [1.165, 1.54) is 18.2 Å². The number of amides is 2. The number of carbonyl (C=O) groups is 3. The molecule has 11 heteroatoms. The van der Waals surface area contributed by atoms with Gasteiger partial charge in [0.1, 0.15) is 0 Å². The van der Waals surface area contributed by atoms with Crippen molar-refractivity contribution in [2.24, 2.45) is 11.8 Å². The number of benzene rings is 5. The largest absolute Gasteiger partial charge is 0.454 e. The fourth-order valence-corrected chi connectivity index (χ4v) is 9.42. The Morgan fingerprint density at radius 1 is 0.623 bits per heavy atom. The van der Waals surface area contributed by atoms with Gasteiger partial charge in [-0.15, -0.1) is 0 Å². The van der Waals surface area contributed by atoms with Crippen LogP contribution in [0.4, 0.5) is 11.4 Å². The van der Waals surface area contributed by atoms with Crippen LogP contribution in [0.5, 0.6) is 23.0 Å². The Morgan fingerprint density at radius 3 is 1.57 bits per heavy atom. The molecule has 4 atom stereocenters. The number of nitro benzene ring substituents is 1. The molecule has 11 nitrogen and oxygen atoms in total. The third-order valence-electron chi connectivity index (χ3n) is 11.4. The lowest BCUT2D eigenvalue weighted by Crippen LogP contribution is -2.45. The van der Waals surface area contributed by atoms with E-state index in [1.54, 1.807) is 19.1 Å². The third kappa shape index (κ3) is 3.85. The number of aryl methyl sites for hydroxylation is 1. The molecule has 260 valence electrons. The highest BCUT2D eigenvalue weighted by atomic mass is 16.7. The molecule has 5 aromatic carbocycles. The van der Waals surface area contributed by atoms with Gasteiger partial charge in [-0.05, 0) is 70.7 Å². The maximum absolute atomic E-state index is 16.2. The van der Waals surface area contributed by atoms with Crippen molar-refractivity contribution in [2.75, 3.05) is 18.5 Å². The number of carbonyl (C=O) groups excluding carboxylic acids is 3. The molecule has 2 fully saturated rings. The number of imide groups is 1. The van der Waals surface area contributed by atoms with Crippen molar-refractivity contribution in [3.8, 4) is 23.0 Å². The van der Waals surface area contributed by atoms with Crippen molar-refractivity contribution in [3.05, 3.63) is 153 Å². The molecule has 0 aromatic heterocycles. The van der Waals surface area contributed by atoms with E-state index in [1.807, 2.05) is 84.9 Å². The minimum Gasteiger partial charge on any atom is -0.454 e. The van der Waals surface area contributed by atoms with E-state index in [0.29, 0.717) is 62.0 Å². The fourth-order valence-electron chi connectivity index (χ4n) is 9.42. The average Bonchev–Trinajstić information content (AvgIpc) is 3.99. The van der Waals surface area contributed by atoms with Gasteiger partial charge in [-0.1, -0.05) is 78.9 Å². The van der Waals surface area contributed by atoms with Crippen LogP contribution in [0.1, 0.15) is 27.8 Å². The first-order valence-electron chi connectivity index (χ1n) is 17.1. The van der Waals surface area contributed by atoms with Gasteiger partial charge in [0.15, 0.2) is 28.8 Å². The number of nitro groups is 1. The number of ketones is 1. The normalized spacial score (nSPS) is 24.7. The van der Waals surface area contributed by atoms with Gasteiger partial charge < -0.3 is 18.9 Å². The zero-order chi connectivity index (χ0) is 36.2. The minimum atomic E-state index is -1.70. The molecule has 5 aliphatic rings. The number of anilines is 1. The first kappa shape index (κ1) is 31.0. The molecule has 1 saturated heterocycles. The first-order chi connectivity index (χ1) is 25.8. The second kappa shape index (κ2) is 10.9.